The monoisotopic (exact) mass is 358 g/mol. The number of hydrogen-bond donors (Lipinski definition) is 0. The van der Waals surface area contributed by atoms with Gasteiger partial charge in [-0.05, 0) is 41.5 Å². The average molecular weight is 358 g/mol. The second-order valence-corrected chi connectivity index (χ2v) is 5.91. The predicted octanol–water partition coefficient (Wildman–Crippen LogP) is 4.99. The molecule has 0 unspecified atom stereocenters. The van der Waals surface area contributed by atoms with Crippen LogP contribution in [0.25, 0.3) is 22.6 Å². The number of nitrogens with zero attached hydrogens (tertiary/aromatic N) is 2. The molecule has 3 aromatic carbocycles. The lowest BCUT2D eigenvalue weighted by Crippen LogP contribution is -1.95. The van der Waals surface area contributed by atoms with E-state index in [9.17, 15) is 0 Å². The zero-order valence-corrected chi connectivity index (χ0v) is 14.8. The molecule has 0 amide bonds. The smallest absolute Gasteiger partial charge is 0.254 e. The normalized spacial score (nSPS) is 10.6. The number of aromatic nitrogens is 2. The van der Waals surface area contributed by atoms with Crippen molar-refractivity contribution in [3.63, 3.8) is 0 Å². The first-order valence-electron chi connectivity index (χ1n) is 8.57. The Morgan fingerprint density at radius 1 is 0.741 bits per heavy atom. The molecule has 0 N–H and O–H groups in total. The third-order valence-corrected chi connectivity index (χ3v) is 4.11. The van der Waals surface area contributed by atoms with Gasteiger partial charge in [-0.1, -0.05) is 48.5 Å². The van der Waals surface area contributed by atoms with E-state index in [1.165, 1.54) is 5.56 Å². The summed E-state index contributed by atoms with van der Waals surface area (Å²) in [6.45, 7) is 0.210. The zero-order valence-electron chi connectivity index (χ0n) is 14.8. The van der Waals surface area contributed by atoms with Crippen molar-refractivity contribution >= 4 is 0 Å². The van der Waals surface area contributed by atoms with Gasteiger partial charge >= 0.3 is 0 Å². The molecule has 0 spiro atoms. The van der Waals surface area contributed by atoms with E-state index >= 15 is 0 Å². The maximum absolute atomic E-state index is 5.76. The molecule has 0 aliphatic carbocycles. The van der Waals surface area contributed by atoms with Gasteiger partial charge in [0.15, 0.2) is 6.61 Å². The van der Waals surface area contributed by atoms with E-state index in [-0.39, 0.29) is 6.61 Å². The third-order valence-electron chi connectivity index (χ3n) is 4.11. The largest absolute Gasteiger partial charge is 0.497 e. The molecule has 1 aromatic heterocycles. The fraction of sp³-hybridized carbons (Fsp3) is 0.0909. The van der Waals surface area contributed by atoms with E-state index in [1.54, 1.807) is 7.11 Å². The highest BCUT2D eigenvalue weighted by Gasteiger charge is 2.10. The fourth-order valence-electron chi connectivity index (χ4n) is 2.70. The maximum Gasteiger partial charge on any atom is 0.254 e. The molecular weight excluding hydrogens is 340 g/mol. The lowest BCUT2D eigenvalue weighted by molar-refractivity contribution is 0.264. The molecule has 0 saturated heterocycles. The summed E-state index contributed by atoms with van der Waals surface area (Å²) < 4.78 is 16.7. The molecular formula is C22H18N2O3. The van der Waals surface area contributed by atoms with Crippen molar-refractivity contribution in [3.05, 3.63) is 84.8 Å². The quantitative estimate of drug-likeness (QED) is 0.486. The maximum atomic E-state index is 5.76. The van der Waals surface area contributed by atoms with E-state index in [4.69, 9.17) is 13.9 Å². The standard InChI is InChI=1S/C22H18N2O3/c1-25-20-9-5-8-18(14-20)22-24-23-21(27-22)15-26-19-12-10-17(11-13-19)16-6-3-2-4-7-16/h2-14H,15H2,1H3. The Balaban J connectivity index is 1.41. The molecule has 0 fully saturated rings. The van der Waals surface area contributed by atoms with Crippen LogP contribution in [-0.2, 0) is 6.61 Å². The van der Waals surface area contributed by atoms with Crippen LogP contribution in [0.2, 0.25) is 0 Å². The number of ether oxygens (including phenoxy) is 2. The van der Waals surface area contributed by atoms with Gasteiger partial charge in [-0.15, -0.1) is 10.2 Å². The summed E-state index contributed by atoms with van der Waals surface area (Å²) in [4.78, 5) is 0. The van der Waals surface area contributed by atoms with Gasteiger partial charge in [0.1, 0.15) is 11.5 Å². The highest BCUT2D eigenvalue weighted by atomic mass is 16.5. The van der Waals surface area contributed by atoms with Crippen molar-refractivity contribution < 1.29 is 13.9 Å². The first-order chi connectivity index (χ1) is 13.3. The lowest BCUT2D eigenvalue weighted by Gasteiger charge is -2.05. The van der Waals surface area contributed by atoms with E-state index in [0.29, 0.717) is 11.8 Å². The third kappa shape index (κ3) is 3.98. The Hall–Kier alpha value is -3.60. The molecule has 0 aliphatic rings. The molecule has 4 rings (SSSR count). The Bertz CT molecular complexity index is 1010. The highest BCUT2D eigenvalue weighted by molar-refractivity contribution is 5.63. The van der Waals surface area contributed by atoms with Crippen LogP contribution in [0.15, 0.2) is 83.3 Å². The van der Waals surface area contributed by atoms with Crippen LogP contribution in [-0.4, -0.2) is 17.3 Å². The molecule has 0 bridgehead atoms. The van der Waals surface area contributed by atoms with Crippen LogP contribution < -0.4 is 9.47 Å². The molecule has 0 atom stereocenters. The van der Waals surface area contributed by atoms with Crippen LogP contribution in [0.1, 0.15) is 5.89 Å². The van der Waals surface area contributed by atoms with E-state index in [0.717, 1.165) is 22.6 Å². The Morgan fingerprint density at radius 2 is 1.48 bits per heavy atom. The van der Waals surface area contributed by atoms with Crippen molar-refractivity contribution in [1.29, 1.82) is 0 Å². The molecule has 0 saturated carbocycles. The predicted molar refractivity (Wildman–Crippen MR) is 102 cm³/mol. The van der Waals surface area contributed by atoms with Gasteiger partial charge in [0.25, 0.3) is 5.89 Å². The van der Waals surface area contributed by atoms with Crippen LogP contribution in [0.3, 0.4) is 0 Å². The van der Waals surface area contributed by atoms with Gasteiger partial charge in [-0.2, -0.15) is 0 Å². The van der Waals surface area contributed by atoms with Gasteiger partial charge in [0.2, 0.25) is 5.89 Å². The van der Waals surface area contributed by atoms with Crippen LogP contribution in [0, 0.1) is 0 Å². The molecule has 27 heavy (non-hydrogen) atoms. The molecule has 5 heteroatoms. The van der Waals surface area contributed by atoms with Crippen molar-refractivity contribution in [3.8, 4) is 34.1 Å². The molecule has 1 heterocycles. The van der Waals surface area contributed by atoms with E-state index in [1.807, 2.05) is 66.7 Å². The SMILES string of the molecule is COc1cccc(-c2nnc(COc3ccc(-c4ccccc4)cc3)o2)c1. The lowest BCUT2D eigenvalue weighted by atomic mass is 10.1. The van der Waals surface area contributed by atoms with Crippen molar-refractivity contribution in [2.75, 3.05) is 7.11 Å². The molecule has 134 valence electrons. The summed E-state index contributed by atoms with van der Waals surface area (Å²) in [6.07, 6.45) is 0. The summed E-state index contributed by atoms with van der Waals surface area (Å²) in [5.74, 6) is 2.34. The Morgan fingerprint density at radius 3 is 2.26 bits per heavy atom. The number of methoxy groups -OCH3 is 1. The van der Waals surface area contributed by atoms with Gasteiger partial charge in [-0.25, -0.2) is 0 Å². The number of benzene rings is 3. The summed E-state index contributed by atoms with van der Waals surface area (Å²) in [6, 6.07) is 25.6. The van der Waals surface area contributed by atoms with E-state index in [2.05, 4.69) is 22.3 Å². The molecule has 0 aliphatic heterocycles. The van der Waals surface area contributed by atoms with Crippen LogP contribution in [0.4, 0.5) is 0 Å². The molecule has 5 nitrogen and oxygen atoms in total. The van der Waals surface area contributed by atoms with Crippen molar-refractivity contribution in [2.45, 2.75) is 6.61 Å². The minimum atomic E-state index is 0.210. The highest BCUT2D eigenvalue weighted by Crippen LogP contribution is 2.24. The first-order valence-corrected chi connectivity index (χ1v) is 8.57. The van der Waals surface area contributed by atoms with E-state index < -0.39 is 0 Å². The Kier molecular flexibility index (Phi) is 4.83. The summed E-state index contributed by atoms with van der Waals surface area (Å²) >= 11 is 0. The second kappa shape index (κ2) is 7.74. The van der Waals surface area contributed by atoms with Gasteiger partial charge in [-0.3, -0.25) is 0 Å². The Labute approximate surface area is 157 Å². The van der Waals surface area contributed by atoms with Crippen molar-refractivity contribution in [1.82, 2.24) is 10.2 Å². The van der Waals surface area contributed by atoms with Crippen LogP contribution in [0.5, 0.6) is 11.5 Å². The van der Waals surface area contributed by atoms with Gasteiger partial charge < -0.3 is 13.9 Å². The van der Waals surface area contributed by atoms with Crippen LogP contribution >= 0.6 is 0 Å². The minimum absolute atomic E-state index is 0.210. The zero-order chi connectivity index (χ0) is 18.5. The molecule has 4 aromatic rings. The van der Waals surface area contributed by atoms with Crippen molar-refractivity contribution in [2.24, 2.45) is 0 Å². The average Bonchev–Trinajstić information content (AvgIpc) is 3.22. The summed E-state index contributed by atoms with van der Waals surface area (Å²) in [7, 11) is 1.62. The first kappa shape index (κ1) is 16.8. The minimum Gasteiger partial charge on any atom is -0.497 e. The summed E-state index contributed by atoms with van der Waals surface area (Å²) in [5.41, 5.74) is 3.12. The summed E-state index contributed by atoms with van der Waals surface area (Å²) in [5, 5.41) is 8.12. The fourth-order valence-corrected chi connectivity index (χ4v) is 2.70. The second-order valence-electron chi connectivity index (χ2n) is 5.91. The number of hydrogen-bond acceptors (Lipinski definition) is 5. The van der Waals surface area contributed by atoms with Gasteiger partial charge in [0.05, 0.1) is 7.11 Å². The molecule has 0 radical (unpaired) electrons. The number of rotatable bonds is 6. The topological polar surface area (TPSA) is 57.4 Å². The van der Waals surface area contributed by atoms with Gasteiger partial charge in [0, 0.05) is 5.56 Å².